The van der Waals surface area contributed by atoms with E-state index in [2.05, 4.69) is 38.5 Å². The highest BCUT2D eigenvalue weighted by molar-refractivity contribution is 6.33. The second kappa shape index (κ2) is 8.56. The monoisotopic (exact) mass is 478 g/mol. The Morgan fingerprint density at radius 1 is 1.09 bits per heavy atom. The summed E-state index contributed by atoms with van der Waals surface area (Å²) in [6.07, 6.45) is 4.29. The van der Waals surface area contributed by atoms with E-state index in [1.165, 1.54) is 0 Å². The van der Waals surface area contributed by atoms with Gasteiger partial charge < -0.3 is 20.4 Å². The predicted molar refractivity (Wildman–Crippen MR) is 132 cm³/mol. The molecule has 2 N–H and O–H groups in total. The number of carbonyl (C=O) groups is 1. The zero-order valence-electron chi connectivity index (χ0n) is 19.1. The number of anilines is 3. The van der Waals surface area contributed by atoms with Gasteiger partial charge in [0.05, 0.1) is 16.4 Å². The summed E-state index contributed by atoms with van der Waals surface area (Å²) in [5.74, 6) is 0.444. The Morgan fingerprint density at radius 3 is 2.76 bits per heavy atom. The normalized spacial score (nSPS) is 17.9. The minimum atomic E-state index is -0.0443. The van der Waals surface area contributed by atoms with Crippen LogP contribution in [-0.4, -0.2) is 70.3 Å². The molecular weight excluding hydrogens is 452 g/mol. The zero-order valence-corrected chi connectivity index (χ0v) is 19.9. The largest absolute Gasteiger partial charge is 0.368 e. The Labute approximate surface area is 203 Å². The summed E-state index contributed by atoms with van der Waals surface area (Å²) in [4.78, 5) is 26.6. The van der Waals surface area contributed by atoms with E-state index in [1.807, 2.05) is 23.0 Å². The average Bonchev–Trinajstić information content (AvgIpc) is 3.12. The maximum Gasteiger partial charge on any atom is 0.269 e. The highest BCUT2D eigenvalue weighted by Crippen LogP contribution is 2.35. The van der Waals surface area contributed by atoms with Gasteiger partial charge in [0, 0.05) is 56.7 Å². The highest BCUT2D eigenvalue weighted by atomic mass is 35.5. The van der Waals surface area contributed by atoms with Crippen LogP contribution in [0, 0.1) is 0 Å². The zero-order chi connectivity index (χ0) is 23.2. The maximum atomic E-state index is 12.6. The molecule has 2 aromatic heterocycles. The molecule has 4 heterocycles. The van der Waals surface area contributed by atoms with Crippen LogP contribution in [-0.2, 0) is 19.4 Å². The number of halogens is 1. The van der Waals surface area contributed by atoms with E-state index in [9.17, 15) is 4.79 Å². The van der Waals surface area contributed by atoms with Gasteiger partial charge >= 0.3 is 0 Å². The molecule has 0 unspecified atom stereocenters. The van der Waals surface area contributed by atoms with E-state index in [0.717, 1.165) is 85.9 Å². The molecule has 1 fully saturated rings. The fraction of sp³-hybridized carbons (Fsp3) is 0.417. The lowest BCUT2D eigenvalue weighted by Crippen LogP contribution is -2.44. The van der Waals surface area contributed by atoms with Gasteiger partial charge in [0.15, 0.2) is 0 Å². The Hall–Kier alpha value is -3.17. The number of amides is 1. The van der Waals surface area contributed by atoms with Gasteiger partial charge in [0.1, 0.15) is 11.4 Å². The number of nitrogens with one attached hydrogen (secondary N) is 2. The molecule has 0 saturated carbocycles. The van der Waals surface area contributed by atoms with Crippen molar-refractivity contribution in [2.75, 3.05) is 50.0 Å². The fourth-order valence-corrected chi connectivity index (χ4v) is 5.29. The molecule has 34 heavy (non-hydrogen) atoms. The molecule has 2 aliphatic heterocycles. The van der Waals surface area contributed by atoms with Crippen molar-refractivity contribution in [2.45, 2.75) is 25.8 Å². The second-order valence-corrected chi connectivity index (χ2v) is 9.56. The first-order valence-corrected chi connectivity index (χ1v) is 12.2. The Morgan fingerprint density at radius 2 is 1.94 bits per heavy atom. The number of aromatic nitrogens is 4. The molecule has 1 aliphatic carbocycles. The number of hydrogen-bond acceptors (Lipinski definition) is 7. The molecule has 0 spiro atoms. The van der Waals surface area contributed by atoms with E-state index < -0.39 is 0 Å². The van der Waals surface area contributed by atoms with Crippen LogP contribution in [0.25, 0.3) is 11.4 Å². The van der Waals surface area contributed by atoms with Crippen molar-refractivity contribution in [2.24, 2.45) is 0 Å². The summed E-state index contributed by atoms with van der Waals surface area (Å²) in [6, 6.07) is 5.99. The van der Waals surface area contributed by atoms with Crippen molar-refractivity contribution in [3.05, 3.63) is 46.2 Å². The first-order valence-electron chi connectivity index (χ1n) is 11.8. The van der Waals surface area contributed by atoms with Gasteiger partial charge in [0.25, 0.3) is 5.91 Å². The third-order valence-corrected chi connectivity index (χ3v) is 7.18. The van der Waals surface area contributed by atoms with Gasteiger partial charge in [0.2, 0.25) is 5.95 Å². The lowest BCUT2D eigenvalue weighted by Gasteiger charge is -2.34. The molecule has 1 aromatic carbocycles. The molecule has 9 nitrogen and oxygen atoms in total. The van der Waals surface area contributed by atoms with Crippen molar-refractivity contribution in [1.82, 2.24) is 30.0 Å². The van der Waals surface area contributed by atoms with Gasteiger partial charge in [-0.05, 0) is 50.1 Å². The molecule has 0 atom stereocenters. The SMILES string of the molecule is CN1CCN(c2ccc(Nc3ncc4c(n3)-c3nn5c(c3CC4)C(=O)NCCC5)cc2Cl)CC1. The van der Waals surface area contributed by atoms with Crippen molar-refractivity contribution < 1.29 is 4.79 Å². The Bertz CT molecular complexity index is 1260. The fourth-order valence-electron chi connectivity index (χ4n) is 4.99. The van der Waals surface area contributed by atoms with Gasteiger partial charge in [-0.2, -0.15) is 5.10 Å². The van der Waals surface area contributed by atoms with E-state index in [1.54, 1.807) is 0 Å². The molecule has 3 aromatic rings. The molecule has 1 saturated heterocycles. The van der Waals surface area contributed by atoms with E-state index >= 15 is 0 Å². The smallest absolute Gasteiger partial charge is 0.269 e. The number of likely N-dealkylation sites (N-methyl/N-ethyl adjacent to an activating group) is 1. The van der Waals surface area contributed by atoms with Crippen LogP contribution in [0.15, 0.2) is 24.4 Å². The third-order valence-electron chi connectivity index (χ3n) is 6.88. The molecule has 6 rings (SSSR count). The number of aryl methyl sites for hydroxylation is 2. The summed E-state index contributed by atoms with van der Waals surface area (Å²) < 4.78 is 1.84. The first kappa shape index (κ1) is 21.4. The van der Waals surface area contributed by atoms with E-state index in [-0.39, 0.29) is 5.91 Å². The first-order chi connectivity index (χ1) is 16.6. The van der Waals surface area contributed by atoms with Crippen LogP contribution in [0.3, 0.4) is 0 Å². The number of benzene rings is 1. The van der Waals surface area contributed by atoms with Crippen LogP contribution in [0.5, 0.6) is 0 Å². The number of rotatable bonds is 3. The summed E-state index contributed by atoms with van der Waals surface area (Å²) >= 11 is 6.65. The summed E-state index contributed by atoms with van der Waals surface area (Å²) in [6.45, 7) is 5.39. The Balaban J connectivity index is 1.27. The minimum Gasteiger partial charge on any atom is -0.368 e. The topological polar surface area (TPSA) is 91.2 Å². The average molecular weight is 479 g/mol. The second-order valence-electron chi connectivity index (χ2n) is 9.16. The number of fused-ring (bicyclic) bond motifs is 5. The molecule has 1 amide bonds. The number of piperazine rings is 1. The summed E-state index contributed by atoms with van der Waals surface area (Å²) in [5, 5.41) is 11.8. The number of nitrogens with zero attached hydrogens (tertiary/aromatic N) is 6. The van der Waals surface area contributed by atoms with Crippen molar-refractivity contribution in [1.29, 1.82) is 0 Å². The van der Waals surface area contributed by atoms with Gasteiger partial charge in [-0.1, -0.05) is 11.6 Å². The molecule has 10 heteroatoms. The number of carbonyl (C=O) groups excluding carboxylic acids is 1. The molecule has 0 radical (unpaired) electrons. The summed E-state index contributed by atoms with van der Waals surface area (Å²) in [5.41, 5.74) is 6.19. The van der Waals surface area contributed by atoms with Gasteiger partial charge in [-0.15, -0.1) is 0 Å². The van der Waals surface area contributed by atoms with Crippen molar-refractivity contribution in [3.8, 4) is 11.4 Å². The lowest BCUT2D eigenvalue weighted by atomic mass is 9.93. The quantitative estimate of drug-likeness (QED) is 0.598. The van der Waals surface area contributed by atoms with Gasteiger partial charge in [-0.3, -0.25) is 9.48 Å². The van der Waals surface area contributed by atoms with Crippen molar-refractivity contribution >= 4 is 34.8 Å². The molecule has 3 aliphatic rings. The minimum absolute atomic E-state index is 0.0443. The summed E-state index contributed by atoms with van der Waals surface area (Å²) in [7, 11) is 2.14. The van der Waals surface area contributed by atoms with E-state index in [4.69, 9.17) is 21.7 Å². The van der Waals surface area contributed by atoms with Crippen LogP contribution in [0.1, 0.15) is 28.0 Å². The third kappa shape index (κ3) is 3.78. The molecular formula is C24H27ClN8O. The number of hydrogen-bond donors (Lipinski definition) is 2. The van der Waals surface area contributed by atoms with Crippen LogP contribution in [0.2, 0.25) is 5.02 Å². The van der Waals surface area contributed by atoms with E-state index in [0.29, 0.717) is 23.2 Å². The highest BCUT2D eigenvalue weighted by Gasteiger charge is 2.30. The van der Waals surface area contributed by atoms with Crippen molar-refractivity contribution in [3.63, 3.8) is 0 Å². The standard InChI is InChI=1S/C24H27ClN8O/c1-31-9-11-32(12-10-31)19-6-4-16(13-18(19)25)28-24-27-14-15-3-5-17-21(20(15)29-24)30-33-8-2-7-26-23(34)22(17)33/h4,6,13-14H,2-3,5,7-12H2,1H3,(H,26,34)(H,27,28,29). The van der Waals surface area contributed by atoms with Gasteiger partial charge in [-0.25, -0.2) is 9.97 Å². The maximum absolute atomic E-state index is 12.6. The van der Waals surface area contributed by atoms with Crippen LogP contribution < -0.4 is 15.5 Å². The molecule has 0 bridgehead atoms. The predicted octanol–water partition coefficient (Wildman–Crippen LogP) is 2.72. The Kier molecular flexibility index (Phi) is 5.38. The molecule has 176 valence electrons. The van der Waals surface area contributed by atoms with Crippen LogP contribution in [0.4, 0.5) is 17.3 Å². The van der Waals surface area contributed by atoms with Crippen LogP contribution >= 0.6 is 11.6 Å². The lowest BCUT2D eigenvalue weighted by molar-refractivity contribution is 0.0949.